The SMILES string of the molecule is Cc1cc(C)n2nc(C(=O)O[C@@H](C)C(=O)N3CCc4ccccc4C3)nc2n1. The predicted molar refractivity (Wildman–Crippen MR) is 101 cm³/mol. The minimum atomic E-state index is -0.917. The Kier molecular flexibility index (Phi) is 4.54. The molecule has 2 aromatic heterocycles. The van der Waals surface area contributed by atoms with Crippen molar-refractivity contribution in [3.05, 3.63) is 58.7 Å². The van der Waals surface area contributed by atoms with E-state index in [2.05, 4.69) is 21.1 Å². The molecule has 4 rings (SSSR count). The van der Waals surface area contributed by atoms with Gasteiger partial charge in [-0.1, -0.05) is 24.3 Å². The fourth-order valence-corrected chi connectivity index (χ4v) is 3.46. The molecule has 1 atom stereocenters. The van der Waals surface area contributed by atoms with Crippen LogP contribution in [-0.2, 0) is 22.5 Å². The summed E-state index contributed by atoms with van der Waals surface area (Å²) in [6.45, 7) is 6.39. The van der Waals surface area contributed by atoms with Gasteiger partial charge in [0.1, 0.15) is 0 Å². The summed E-state index contributed by atoms with van der Waals surface area (Å²) in [6, 6.07) is 9.90. The van der Waals surface area contributed by atoms with E-state index >= 15 is 0 Å². The molecule has 1 amide bonds. The Labute approximate surface area is 162 Å². The molecule has 3 heterocycles. The number of hydrogen-bond acceptors (Lipinski definition) is 6. The van der Waals surface area contributed by atoms with Gasteiger partial charge in [0.15, 0.2) is 6.10 Å². The molecule has 8 nitrogen and oxygen atoms in total. The molecule has 144 valence electrons. The number of nitrogens with zero attached hydrogens (tertiary/aromatic N) is 5. The number of carbonyl (C=O) groups is 2. The van der Waals surface area contributed by atoms with Crippen LogP contribution in [0.5, 0.6) is 0 Å². The van der Waals surface area contributed by atoms with E-state index in [4.69, 9.17) is 4.74 Å². The Morgan fingerprint density at radius 1 is 1.14 bits per heavy atom. The number of esters is 1. The van der Waals surface area contributed by atoms with Gasteiger partial charge >= 0.3 is 5.97 Å². The molecule has 1 aromatic carbocycles. The highest BCUT2D eigenvalue weighted by Crippen LogP contribution is 2.19. The van der Waals surface area contributed by atoms with Crippen molar-refractivity contribution in [1.29, 1.82) is 0 Å². The number of ether oxygens (including phenoxy) is 1. The van der Waals surface area contributed by atoms with Gasteiger partial charge in [-0.25, -0.2) is 14.3 Å². The summed E-state index contributed by atoms with van der Waals surface area (Å²) in [6.07, 6.45) is -0.124. The third kappa shape index (κ3) is 3.33. The predicted octanol–water partition coefficient (Wildman–Crippen LogP) is 1.87. The average Bonchev–Trinajstić information content (AvgIpc) is 3.11. The van der Waals surface area contributed by atoms with Crippen molar-refractivity contribution in [1.82, 2.24) is 24.5 Å². The fraction of sp³-hybridized carbons (Fsp3) is 0.350. The quantitative estimate of drug-likeness (QED) is 0.646. The summed E-state index contributed by atoms with van der Waals surface area (Å²) in [4.78, 5) is 35.3. The standard InChI is InChI=1S/C20H21N5O3/c1-12-10-13(2)25-20(21-12)22-17(23-25)19(27)28-14(3)18(26)24-9-8-15-6-4-5-7-16(15)11-24/h4-7,10,14H,8-9,11H2,1-3H3/t14-/m0/s1. The molecule has 1 aliphatic rings. The van der Waals surface area contributed by atoms with Crippen LogP contribution in [0.25, 0.3) is 5.78 Å². The number of rotatable bonds is 3. The number of aromatic nitrogens is 4. The molecule has 0 aliphatic carbocycles. The maximum absolute atomic E-state index is 12.7. The minimum absolute atomic E-state index is 0.107. The molecule has 0 saturated heterocycles. The minimum Gasteiger partial charge on any atom is -0.447 e. The molecule has 1 aliphatic heterocycles. The van der Waals surface area contributed by atoms with E-state index in [1.807, 2.05) is 38.1 Å². The van der Waals surface area contributed by atoms with Crippen molar-refractivity contribution in [2.24, 2.45) is 0 Å². The molecule has 0 unspecified atom stereocenters. The van der Waals surface area contributed by atoms with E-state index in [9.17, 15) is 9.59 Å². The Bertz CT molecular complexity index is 1070. The first-order chi connectivity index (χ1) is 13.4. The van der Waals surface area contributed by atoms with Crippen molar-refractivity contribution >= 4 is 17.7 Å². The second-order valence-corrected chi connectivity index (χ2v) is 7.01. The van der Waals surface area contributed by atoms with Crippen LogP contribution in [0.2, 0.25) is 0 Å². The lowest BCUT2D eigenvalue weighted by molar-refractivity contribution is -0.140. The number of aryl methyl sites for hydroxylation is 2. The largest absolute Gasteiger partial charge is 0.447 e. The molecule has 28 heavy (non-hydrogen) atoms. The third-order valence-corrected chi connectivity index (χ3v) is 4.87. The summed E-state index contributed by atoms with van der Waals surface area (Å²) in [5.74, 6) is -0.738. The van der Waals surface area contributed by atoms with E-state index in [1.54, 1.807) is 11.8 Å². The van der Waals surface area contributed by atoms with Crippen LogP contribution in [0.3, 0.4) is 0 Å². The monoisotopic (exact) mass is 379 g/mol. The van der Waals surface area contributed by atoms with E-state index in [-0.39, 0.29) is 11.7 Å². The molecule has 0 N–H and O–H groups in total. The van der Waals surface area contributed by atoms with Crippen LogP contribution >= 0.6 is 0 Å². The van der Waals surface area contributed by atoms with Crippen LogP contribution in [-0.4, -0.2) is 49.0 Å². The average molecular weight is 379 g/mol. The molecule has 8 heteroatoms. The van der Waals surface area contributed by atoms with Gasteiger partial charge in [0.25, 0.3) is 17.5 Å². The maximum Gasteiger partial charge on any atom is 0.379 e. The highest BCUT2D eigenvalue weighted by molar-refractivity contribution is 5.89. The number of fused-ring (bicyclic) bond motifs is 2. The second kappa shape index (κ2) is 7.03. The number of benzene rings is 1. The van der Waals surface area contributed by atoms with E-state index < -0.39 is 12.1 Å². The Morgan fingerprint density at radius 2 is 1.89 bits per heavy atom. The summed E-state index contributed by atoms with van der Waals surface area (Å²) in [7, 11) is 0. The number of carbonyl (C=O) groups excluding carboxylic acids is 2. The number of amides is 1. The Morgan fingerprint density at radius 3 is 2.68 bits per heavy atom. The highest BCUT2D eigenvalue weighted by Gasteiger charge is 2.28. The molecule has 0 spiro atoms. The smallest absolute Gasteiger partial charge is 0.379 e. The zero-order valence-corrected chi connectivity index (χ0v) is 16.0. The lowest BCUT2D eigenvalue weighted by Gasteiger charge is -2.30. The lowest BCUT2D eigenvalue weighted by Crippen LogP contribution is -2.42. The zero-order chi connectivity index (χ0) is 19.8. The normalized spacial score (nSPS) is 14.6. The molecule has 3 aromatic rings. The Balaban J connectivity index is 1.46. The van der Waals surface area contributed by atoms with Crippen LogP contribution in [0, 0.1) is 13.8 Å². The molecule has 0 saturated carbocycles. The Hall–Kier alpha value is -3.29. The van der Waals surface area contributed by atoms with Gasteiger partial charge < -0.3 is 9.64 Å². The van der Waals surface area contributed by atoms with Crippen LogP contribution in [0.15, 0.2) is 30.3 Å². The van der Waals surface area contributed by atoms with Gasteiger partial charge in [0.05, 0.1) is 0 Å². The molecule has 0 radical (unpaired) electrons. The van der Waals surface area contributed by atoms with E-state index in [1.165, 1.54) is 10.1 Å². The zero-order valence-electron chi connectivity index (χ0n) is 16.0. The van der Waals surface area contributed by atoms with Gasteiger partial charge in [-0.15, -0.1) is 5.10 Å². The van der Waals surface area contributed by atoms with Gasteiger partial charge in [-0.2, -0.15) is 4.98 Å². The fourth-order valence-electron chi connectivity index (χ4n) is 3.46. The van der Waals surface area contributed by atoms with Gasteiger partial charge in [-0.05, 0) is 44.4 Å². The van der Waals surface area contributed by atoms with Crippen LogP contribution in [0.4, 0.5) is 0 Å². The van der Waals surface area contributed by atoms with Gasteiger partial charge in [-0.3, -0.25) is 4.79 Å². The molecule has 0 bridgehead atoms. The molecular weight excluding hydrogens is 358 g/mol. The first-order valence-corrected chi connectivity index (χ1v) is 9.20. The molecule has 0 fully saturated rings. The van der Waals surface area contributed by atoms with Gasteiger partial charge in [0.2, 0.25) is 0 Å². The van der Waals surface area contributed by atoms with E-state index in [0.717, 1.165) is 23.4 Å². The third-order valence-electron chi connectivity index (χ3n) is 4.87. The number of hydrogen-bond donors (Lipinski definition) is 0. The topological polar surface area (TPSA) is 89.7 Å². The summed E-state index contributed by atoms with van der Waals surface area (Å²) in [5, 5.41) is 4.15. The van der Waals surface area contributed by atoms with Crippen LogP contribution in [0.1, 0.15) is 40.1 Å². The lowest BCUT2D eigenvalue weighted by atomic mass is 9.99. The van der Waals surface area contributed by atoms with Crippen molar-refractivity contribution in [2.75, 3.05) is 6.54 Å². The second-order valence-electron chi connectivity index (χ2n) is 7.01. The van der Waals surface area contributed by atoms with Crippen molar-refractivity contribution in [3.8, 4) is 0 Å². The highest BCUT2D eigenvalue weighted by atomic mass is 16.5. The summed E-state index contributed by atoms with van der Waals surface area (Å²) >= 11 is 0. The van der Waals surface area contributed by atoms with Crippen molar-refractivity contribution in [2.45, 2.75) is 39.8 Å². The summed E-state index contributed by atoms with van der Waals surface area (Å²) in [5.41, 5.74) is 3.97. The van der Waals surface area contributed by atoms with Gasteiger partial charge in [0, 0.05) is 24.5 Å². The van der Waals surface area contributed by atoms with E-state index in [0.29, 0.717) is 18.9 Å². The first kappa shape index (κ1) is 18.1. The first-order valence-electron chi connectivity index (χ1n) is 9.20. The van der Waals surface area contributed by atoms with Crippen molar-refractivity contribution < 1.29 is 14.3 Å². The van der Waals surface area contributed by atoms with Crippen LogP contribution < -0.4 is 0 Å². The summed E-state index contributed by atoms with van der Waals surface area (Å²) < 4.78 is 6.83. The molecular formula is C20H21N5O3. The maximum atomic E-state index is 12.7. The van der Waals surface area contributed by atoms with Crippen molar-refractivity contribution in [3.63, 3.8) is 0 Å².